The molecule has 4 aromatic rings. The first-order valence-electron chi connectivity index (χ1n) is 12.6. The monoisotopic (exact) mass is 570 g/mol. The van der Waals surface area contributed by atoms with Gasteiger partial charge in [-0.2, -0.15) is 0 Å². The fourth-order valence-corrected chi connectivity index (χ4v) is 6.61. The van der Waals surface area contributed by atoms with Crippen LogP contribution in [-0.4, -0.2) is 23.8 Å². The summed E-state index contributed by atoms with van der Waals surface area (Å²) in [4.78, 5) is -0.696. The summed E-state index contributed by atoms with van der Waals surface area (Å²) in [6, 6.07) is 26.3. The molecular weight excluding hydrogens is 539 g/mol. The summed E-state index contributed by atoms with van der Waals surface area (Å²) in [5.74, 6) is 1.35. The molecule has 0 aliphatic carbocycles. The number of hydrogen-bond acceptors (Lipinski definition) is 6. The molecule has 0 amide bonds. The van der Waals surface area contributed by atoms with Crippen molar-refractivity contribution in [2.45, 2.75) is 54.2 Å². The first-order chi connectivity index (χ1) is 18.6. The Morgan fingerprint density at radius 2 is 1.27 bits per heavy atom. The van der Waals surface area contributed by atoms with E-state index >= 15 is 0 Å². The van der Waals surface area contributed by atoms with Gasteiger partial charge in [0.25, 0.3) is 0 Å². The van der Waals surface area contributed by atoms with E-state index < -0.39 is 20.9 Å². The van der Waals surface area contributed by atoms with Crippen molar-refractivity contribution in [3.05, 3.63) is 108 Å². The Morgan fingerprint density at radius 1 is 0.775 bits per heavy atom. The average molecular weight is 571 g/mol. The van der Waals surface area contributed by atoms with Gasteiger partial charge in [0, 0.05) is 10.3 Å². The second-order valence-corrected chi connectivity index (χ2v) is 12.4. The molecule has 4 aromatic carbocycles. The number of aryl methyl sites for hydroxylation is 1. The van der Waals surface area contributed by atoms with E-state index in [1.165, 1.54) is 41.5 Å². The molecule has 1 unspecified atom stereocenters. The van der Waals surface area contributed by atoms with Crippen LogP contribution in [-0.2, 0) is 32.8 Å². The van der Waals surface area contributed by atoms with Crippen molar-refractivity contribution < 1.29 is 45.5 Å². The minimum atomic E-state index is -4.09. The van der Waals surface area contributed by atoms with Crippen LogP contribution in [0.3, 0.4) is 0 Å². The second-order valence-electron chi connectivity index (χ2n) is 9.55. The molecule has 0 bridgehead atoms. The maximum Gasteiger partial charge on any atom is 1.00 e. The van der Waals surface area contributed by atoms with Gasteiger partial charge in [0.1, 0.15) is 17.2 Å². The first-order valence-corrected chi connectivity index (χ1v) is 15.2. The Kier molecular flexibility index (Phi) is 10.4. The van der Waals surface area contributed by atoms with Crippen molar-refractivity contribution in [1.29, 1.82) is 0 Å². The molecule has 0 N–H and O–H groups in total. The van der Waals surface area contributed by atoms with Crippen LogP contribution in [0.25, 0.3) is 0 Å². The molecule has 0 radical (unpaired) electrons. The van der Waals surface area contributed by atoms with Crippen LogP contribution in [0.5, 0.6) is 17.2 Å². The van der Waals surface area contributed by atoms with Gasteiger partial charge in [0.15, 0.2) is 0 Å². The number of ether oxygens (including phenoxy) is 2. The van der Waals surface area contributed by atoms with Crippen LogP contribution in [0, 0.1) is 0 Å². The molecule has 40 heavy (non-hydrogen) atoms. The molecule has 0 heterocycles. The van der Waals surface area contributed by atoms with Gasteiger partial charge in [0.2, 0.25) is 9.84 Å². The van der Waals surface area contributed by atoms with Crippen molar-refractivity contribution in [2.75, 3.05) is 6.61 Å². The zero-order chi connectivity index (χ0) is 28.2. The Bertz CT molecular complexity index is 1560. The molecule has 0 saturated heterocycles. The average Bonchev–Trinajstić information content (AvgIpc) is 2.93. The smallest absolute Gasteiger partial charge is 0.768 e. The zero-order valence-corrected chi connectivity index (χ0v) is 25.0. The number of sulfone groups is 1. The minimum absolute atomic E-state index is 0. The van der Waals surface area contributed by atoms with Gasteiger partial charge in [-0.1, -0.05) is 57.2 Å². The van der Waals surface area contributed by atoms with E-state index in [-0.39, 0.29) is 44.7 Å². The predicted molar refractivity (Wildman–Crippen MR) is 151 cm³/mol. The third-order valence-corrected chi connectivity index (χ3v) is 9.38. The standard InChI is InChI=1S/C31H32O6S2.Li/c1-5-22-7-9-23(10-8-22)31(3,4)24-11-13-25(14-12-24)37-26-15-18-28(19-16-26)39(34,35)30-20-17-27(36-6-2)21-29(30)38(32)33;/h7-21H,5-6H2,1-4H3,(H,32,33);/q;+1/p-1. The molecule has 0 aromatic heterocycles. The van der Waals surface area contributed by atoms with E-state index in [0.717, 1.165) is 12.0 Å². The van der Waals surface area contributed by atoms with Crippen LogP contribution in [0.2, 0.25) is 0 Å². The van der Waals surface area contributed by atoms with Gasteiger partial charge >= 0.3 is 18.9 Å². The molecule has 0 aliphatic heterocycles. The van der Waals surface area contributed by atoms with E-state index in [2.05, 4.69) is 45.0 Å². The fraction of sp³-hybridized carbons (Fsp3) is 0.226. The van der Waals surface area contributed by atoms with E-state index in [4.69, 9.17) is 9.47 Å². The van der Waals surface area contributed by atoms with Crippen molar-refractivity contribution in [3.8, 4) is 17.2 Å². The van der Waals surface area contributed by atoms with Crippen LogP contribution < -0.4 is 28.3 Å². The summed E-state index contributed by atoms with van der Waals surface area (Å²) in [5, 5.41) is 0. The molecule has 0 saturated carbocycles. The van der Waals surface area contributed by atoms with Gasteiger partial charge in [0.05, 0.1) is 16.4 Å². The van der Waals surface area contributed by atoms with Crippen LogP contribution >= 0.6 is 0 Å². The molecule has 0 aliphatic rings. The largest absolute Gasteiger partial charge is 1.00 e. The first kappa shape index (κ1) is 31.7. The molecule has 1 atom stereocenters. The topological polar surface area (TPSA) is 92.7 Å². The normalized spacial score (nSPS) is 12.3. The number of hydrogen-bond donors (Lipinski definition) is 0. The van der Waals surface area contributed by atoms with Crippen LogP contribution in [0.4, 0.5) is 0 Å². The van der Waals surface area contributed by atoms with Crippen molar-refractivity contribution >= 4 is 20.9 Å². The third kappa shape index (κ3) is 6.88. The molecule has 0 fully saturated rings. The summed E-state index contributed by atoms with van der Waals surface area (Å²) in [5.41, 5.74) is 3.48. The second kappa shape index (κ2) is 13.2. The Balaban J connectivity index is 0.00000441. The van der Waals surface area contributed by atoms with Gasteiger partial charge in [-0.25, -0.2) is 8.42 Å². The maximum atomic E-state index is 13.2. The van der Waals surface area contributed by atoms with Gasteiger partial charge in [-0.3, -0.25) is 4.21 Å². The number of benzene rings is 4. The van der Waals surface area contributed by atoms with Crippen molar-refractivity contribution in [2.24, 2.45) is 0 Å². The van der Waals surface area contributed by atoms with E-state index in [1.807, 2.05) is 24.3 Å². The van der Waals surface area contributed by atoms with Crippen LogP contribution in [0.1, 0.15) is 44.4 Å². The number of rotatable bonds is 10. The summed E-state index contributed by atoms with van der Waals surface area (Å²) in [7, 11) is -4.09. The zero-order valence-electron chi connectivity index (χ0n) is 23.3. The summed E-state index contributed by atoms with van der Waals surface area (Å²) < 4.78 is 61.3. The van der Waals surface area contributed by atoms with E-state index in [9.17, 15) is 17.2 Å². The van der Waals surface area contributed by atoms with E-state index in [1.54, 1.807) is 19.1 Å². The molecule has 9 heteroatoms. The Labute approximate surface area is 251 Å². The van der Waals surface area contributed by atoms with Crippen molar-refractivity contribution in [1.82, 2.24) is 0 Å². The van der Waals surface area contributed by atoms with Gasteiger partial charge < -0.3 is 14.0 Å². The van der Waals surface area contributed by atoms with E-state index in [0.29, 0.717) is 18.1 Å². The van der Waals surface area contributed by atoms with Gasteiger partial charge in [-0.05, 0) is 95.7 Å². The summed E-state index contributed by atoms with van der Waals surface area (Å²) in [6.45, 7) is 8.58. The summed E-state index contributed by atoms with van der Waals surface area (Å²) >= 11 is -2.76. The summed E-state index contributed by atoms with van der Waals surface area (Å²) in [6.07, 6.45) is 1.00. The molecule has 204 valence electrons. The Morgan fingerprint density at radius 3 is 1.77 bits per heavy atom. The molecule has 4 rings (SSSR count). The maximum absolute atomic E-state index is 13.2. The van der Waals surface area contributed by atoms with Gasteiger partial charge in [-0.15, -0.1) is 0 Å². The predicted octanol–water partition coefficient (Wildman–Crippen LogP) is 3.84. The fourth-order valence-electron chi connectivity index (χ4n) is 4.31. The molecule has 6 nitrogen and oxygen atoms in total. The Hall–Kier alpha value is -2.86. The van der Waals surface area contributed by atoms with Crippen LogP contribution in [0.15, 0.2) is 106 Å². The van der Waals surface area contributed by atoms with Crippen molar-refractivity contribution in [3.63, 3.8) is 0 Å². The molecule has 0 spiro atoms. The quantitative estimate of drug-likeness (QED) is 0.213. The SMILES string of the molecule is CCOc1ccc(S(=O)(=O)c2ccc(Oc3ccc(C(C)(C)c4ccc(CC)cc4)cc3)cc2)c(S(=O)[O-])c1.[Li+]. The third-order valence-electron chi connectivity index (χ3n) is 6.72. The molecular formula is C31H31LiO6S2. The minimum Gasteiger partial charge on any atom is -0.768 e.